The van der Waals surface area contributed by atoms with Gasteiger partial charge in [-0.3, -0.25) is 0 Å². The van der Waals surface area contributed by atoms with Gasteiger partial charge in [0.05, 0.1) is 32.3 Å². The number of benzene rings is 8. The van der Waals surface area contributed by atoms with Gasteiger partial charge in [-0.2, -0.15) is 0 Å². The van der Waals surface area contributed by atoms with Gasteiger partial charge in [0.1, 0.15) is 15.0 Å². The smallest absolute Gasteiger partial charge is 0.262 e. The van der Waals surface area contributed by atoms with Crippen LogP contribution in [0.15, 0.2) is 291 Å². The minimum atomic E-state index is 0.00611. The molecule has 0 N–H and O–H groups in total. The van der Waals surface area contributed by atoms with Gasteiger partial charge in [-0.15, -0.1) is 45.3 Å². The van der Waals surface area contributed by atoms with Crippen molar-refractivity contribution in [3.05, 3.63) is 364 Å². The molecule has 0 spiro atoms. The Labute approximate surface area is 638 Å². The van der Waals surface area contributed by atoms with Gasteiger partial charge in [-0.1, -0.05) is 142 Å². The van der Waals surface area contributed by atoms with E-state index >= 15 is 0 Å². The number of aromatic nitrogens is 6. The van der Waals surface area contributed by atoms with E-state index in [9.17, 15) is 0 Å². The van der Waals surface area contributed by atoms with Crippen LogP contribution in [0.2, 0.25) is 0 Å². The van der Waals surface area contributed by atoms with E-state index in [2.05, 4.69) is 352 Å². The minimum absolute atomic E-state index is 0.00611. The maximum Gasteiger partial charge on any atom is 0.262 e. The lowest BCUT2D eigenvalue weighted by Gasteiger charge is -2.23. The van der Waals surface area contributed by atoms with E-state index in [4.69, 9.17) is 11.8 Å². The number of thiophene rings is 4. The number of hydrogen-bond donors (Lipinski definition) is 0. The van der Waals surface area contributed by atoms with E-state index in [1.807, 2.05) is 50.8 Å². The molecule has 16 heteroatoms. The third-order valence-electron chi connectivity index (χ3n) is 16.9. The summed E-state index contributed by atoms with van der Waals surface area (Å²) in [5, 5.41) is 15.6. The van der Waals surface area contributed by atoms with E-state index < -0.39 is 0 Å². The van der Waals surface area contributed by atoms with Gasteiger partial charge in [0.2, 0.25) is 0 Å². The summed E-state index contributed by atoms with van der Waals surface area (Å²) in [5.74, 6) is 2.14. The summed E-state index contributed by atoms with van der Waals surface area (Å²) in [6, 6.07) is 87.4. The van der Waals surface area contributed by atoms with Crippen LogP contribution in [0.5, 0.6) is 0 Å². The van der Waals surface area contributed by atoms with Crippen molar-refractivity contribution in [2.45, 2.75) is 69.2 Å². The molecular formula is C90H78N12S4. The number of allylic oxidation sites excluding steroid dienone is 1. The fourth-order valence-corrected chi connectivity index (χ4v) is 14.9. The number of anilines is 12. The highest BCUT2D eigenvalue weighted by atomic mass is 32.1. The van der Waals surface area contributed by atoms with Gasteiger partial charge in [0, 0.05) is 88.2 Å². The Kier molecular flexibility index (Phi) is 24.1. The molecule has 8 aromatic carbocycles. The average Bonchev–Trinajstić information content (AvgIpc) is 1.59. The monoisotopic (exact) mass is 1450 g/mol. The molecular weight excluding hydrogens is 1380 g/mol. The number of rotatable bonds is 16. The van der Waals surface area contributed by atoms with Crippen LogP contribution in [0.3, 0.4) is 0 Å². The van der Waals surface area contributed by atoms with Gasteiger partial charge < -0.3 is 19.6 Å². The second kappa shape index (κ2) is 34.8. The van der Waals surface area contributed by atoms with Crippen LogP contribution in [0, 0.1) is 87.1 Å². The van der Waals surface area contributed by atoms with Crippen molar-refractivity contribution in [1.82, 2.24) is 29.9 Å². The maximum absolute atomic E-state index is 8.92. The molecule has 7 aromatic heterocycles. The van der Waals surface area contributed by atoms with Crippen LogP contribution in [0.25, 0.3) is 43.0 Å². The molecule has 106 heavy (non-hydrogen) atoms. The first kappa shape index (κ1) is 73.5. The topological polar surface area (TPSA) is 118 Å². The lowest BCUT2D eigenvalue weighted by Crippen LogP contribution is -2.08. The average molecular weight is 1460 g/mol. The third kappa shape index (κ3) is 18.9. The maximum atomic E-state index is 8.92. The van der Waals surface area contributed by atoms with Crippen molar-refractivity contribution in [1.29, 1.82) is 5.26 Å². The largest absolute Gasteiger partial charge is 0.302 e. The SMILES string of the molecule is Cc1ccc(N(c2ccc(C)cc2)c2ccc(-c3ncc(C)cn3)s2)cc1.Cc1ccc(N(c2ccc(C)cc2)c2ccc(-c3ncc(C)cn3)s2)cc1.Cc1ccc(N(c2ccc(C)cc2)c2cccs2)cc1.[C-]#[N+]/C(C#N)=C\c1cnc(-c2ccc(N(c3ccc(C)cc3)c3ccc(C)cc3)s2)nc1. The van der Waals surface area contributed by atoms with Gasteiger partial charge in [-0.25, -0.2) is 40.0 Å². The van der Waals surface area contributed by atoms with E-state index in [0.717, 1.165) is 86.5 Å². The van der Waals surface area contributed by atoms with E-state index in [1.165, 1.54) is 67.0 Å². The number of aryl methyl sites for hydroxylation is 10. The molecule has 0 saturated carbocycles. The Bertz CT molecular complexity index is 5060. The van der Waals surface area contributed by atoms with Crippen LogP contribution < -0.4 is 19.6 Å². The van der Waals surface area contributed by atoms with E-state index in [-0.39, 0.29) is 5.70 Å². The molecule has 15 rings (SSSR count). The first-order valence-electron chi connectivity index (χ1n) is 34.5. The van der Waals surface area contributed by atoms with E-state index in [0.29, 0.717) is 11.4 Å². The zero-order valence-electron chi connectivity index (χ0n) is 60.7. The lowest BCUT2D eigenvalue weighted by molar-refractivity contribution is 1.14. The zero-order valence-corrected chi connectivity index (χ0v) is 64.0. The van der Waals surface area contributed by atoms with Crippen molar-refractivity contribution in [3.8, 4) is 38.2 Å². The molecule has 522 valence electrons. The molecule has 0 saturated heterocycles. The number of nitriles is 1. The van der Waals surface area contributed by atoms with Crippen molar-refractivity contribution >= 4 is 117 Å². The molecule has 12 nitrogen and oxygen atoms in total. The summed E-state index contributed by atoms with van der Waals surface area (Å²) in [6.45, 7) is 27.8. The van der Waals surface area contributed by atoms with Crippen LogP contribution in [-0.2, 0) is 0 Å². The highest BCUT2D eigenvalue weighted by Crippen LogP contribution is 2.45. The first-order valence-corrected chi connectivity index (χ1v) is 37.8. The summed E-state index contributed by atoms with van der Waals surface area (Å²) < 4.78 is 0. The fourth-order valence-electron chi connectivity index (χ4n) is 11.1. The predicted octanol–water partition coefficient (Wildman–Crippen LogP) is 26.1. The highest BCUT2D eigenvalue weighted by Gasteiger charge is 2.21. The Morgan fingerprint density at radius 3 is 0.764 bits per heavy atom. The first-order chi connectivity index (χ1) is 51.5. The predicted molar refractivity (Wildman–Crippen MR) is 447 cm³/mol. The Balaban J connectivity index is 0.000000134. The molecule has 7 heterocycles. The standard InChI is InChI=1S/C26H19N5S.2C23H21N3S.C18H17NS/c1-18-4-8-22(9-5-18)31(23-10-6-19(2)7-11-23)25-13-12-24(32-25)26-29-16-20(17-30-26)14-21(15-27)28-3;2*1-16-4-8-19(9-5-16)26(20-10-6-17(2)7-11-20)22-13-12-21(27-22)23-24-14-18(3)15-25-23;1-14-5-9-16(10-6-14)19(18-4-3-13-20-18)17-11-7-15(2)8-12-17/h4-14,16-17H,1-2H3;2*4-15H,1-3H3;3-13H,1-2H3/b21-14-;;;. The second-order valence-electron chi connectivity index (χ2n) is 25.7. The van der Waals surface area contributed by atoms with Crippen molar-refractivity contribution < 1.29 is 0 Å². The third-order valence-corrected chi connectivity index (χ3v) is 21.0. The molecule has 15 aromatic rings. The normalized spacial score (nSPS) is 10.8. The van der Waals surface area contributed by atoms with Crippen molar-refractivity contribution in [3.63, 3.8) is 0 Å². The number of nitrogens with zero attached hydrogens (tertiary/aromatic N) is 12. The lowest BCUT2D eigenvalue weighted by atomic mass is 10.1. The Morgan fingerprint density at radius 2 is 0.547 bits per heavy atom. The van der Waals surface area contributed by atoms with Gasteiger partial charge >= 0.3 is 0 Å². The van der Waals surface area contributed by atoms with Crippen LogP contribution in [0.4, 0.5) is 65.5 Å². The Morgan fingerprint density at radius 1 is 0.311 bits per heavy atom. The van der Waals surface area contributed by atoms with E-state index in [1.54, 1.807) is 57.7 Å². The van der Waals surface area contributed by atoms with Gasteiger partial charge in [0.25, 0.3) is 5.70 Å². The molecule has 0 aliphatic carbocycles. The van der Waals surface area contributed by atoms with Gasteiger partial charge in [-0.05, 0) is 237 Å². The van der Waals surface area contributed by atoms with Crippen LogP contribution in [0.1, 0.15) is 61.2 Å². The summed E-state index contributed by atoms with van der Waals surface area (Å²) >= 11 is 6.76. The molecule has 0 fully saturated rings. The molecule has 0 aliphatic heterocycles. The van der Waals surface area contributed by atoms with Crippen LogP contribution >= 0.6 is 45.3 Å². The second-order valence-corrected chi connectivity index (χ2v) is 29.8. The summed E-state index contributed by atoms with van der Waals surface area (Å²) in [4.78, 5) is 42.1. The molecule has 0 radical (unpaired) electrons. The zero-order chi connectivity index (χ0) is 74.1. The quantitative estimate of drug-likeness (QED) is 0.0679. The van der Waals surface area contributed by atoms with Crippen molar-refractivity contribution in [2.24, 2.45) is 0 Å². The summed E-state index contributed by atoms with van der Waals surface area (Å²) in [6.07, 6.45) is 12.2. The molecule has 0 atom stereocenters. The molecule has 0 amide bonds. The fraction of sp³-hybridized carbons (Fsp3) is 0.111. The van der Waals surface area contributed by atoms with Crippen molar-refractivity contribution in [2.75, 3.05) is 19.6 Å². The van der Waals surface area contributed by atoms with Gasteiger partial charge in [0.15, 0.2) is 17.5 Å². The molecule has 0 bridgehead atoms. The molecule has 0 unspecified atom stereocenters. The molecule has 0 aliphatic rings. The summed E-state index contributed by atoms with van der Waals surface area (Å²) in [5.41, 5.74) is 21.9. The summed E-state index contributed by atoms with van der Waals surface area (Å²) in [7, 11) is 0. The minimum Gasteiger partial charge on any atom is -0.302 e. The highest BCUT2D eigenvalue weighted by molar-refractivity contribution is 7.20. The van der Waals surface area contributed by atoms with Crippen LogP contribution in [-0.4, -0.2) is 29.9 Å². The number of hydrogen-bond acceptors (Lipinski definition) is 15. The Hall–Kier alpha value is -12.3.